The van der Waals surface area contributed by atoms with E-state index >= 15 is 0 Å². The number of nitrogens with one attached hydrogen (secondary N) is 3. The number of nitrogens with zero attached hydrogens (tertiary/aromatic N) is 2. The average Bonchev–Trinajstić information content (AvgIpc) is 2.74. The molecule has 3 aromatic rings. The Kier molecular flexibility index (Phi) is 7.67. The predicted molar refractivity (Wildman–Crippen MR) is 124 cm³/mol. The van der Waals surface area contributed by atoms with Gasteiger partial charge in [-0.15, -0.1) is 0 Å². The van der Waals surface area contributed by atoms with Gasteiger partial charge in [-0.1, -0.05) is 65.8 Å². The molecule has 0 unspecified atom stereocenters. The number of aromatic nitrogens is 2. The van der Waals surface area contributed by atoms with Crippen LogP contribution in [0.1, 0.15) is 16.7 Å². The Bertz CT molecular complexity index is 992. The van der Waals surface area contributed by atoms with E-state index in [1.165, 1.54) is 18.0 Å². The van der Waals surface area contributed by atoms with Crippen LogP contribution in [-0.2, 0) is 6.42 Å². The SMILES string of the molecule is CSc1nc(N/C=C/c2ccccc2)c(C=N)c(NCCc2cccc(Cl)c2)n1. The highest BCUT2D eigenvalue weighted by Gasteiger charge is 2.12. The molecular weight excluding hydrogens is 402 g/mol. The summed E-state index contributed by atoms with van der Waals surface area (Å²) in [7, 11) is 0. The molecule has 7 heteroatoms. The molecule has 0 bridgehead atoms. The van der Waals surface area contributed by atoms with Crippen LogP contribution in [0.5, 0.6) is 0 Å². The van der Waals surface area contributed by atoms with E-state index in [1.54, 1.807) is 0 Å². The summed E-state index contributed by atoms with van der Waals surface area (Å²) in [5.41, 5.74) is 2.84. The third-order valence-corrected chi connectivity index (χ3v) is 4.93. The normalized spacial score (nSPS) is 10.8. The molecule has 0 atom stereocenters. The fourth-order valence-electron chi connectivity index (χ4n) is 2.72. The molecule has 0 spiro atoms. The van der Waals surface area contributed by atoms with E-state index < -0.39 is 0 Å². The molecule has 0 fully saturated rings. The van der Waals surface area contributed by atoms with E-state index in [4.69, 9.17) is 17.0 Å². The number of anilines is 2. The second-order valence-corrected chi connectivity index (χ2v) is 7.37. The standard InChI is InChI=1S/C22H22ClN5S/c1-29-22-27-20(25-12-10-16-6-3-2-4-7-16)19(15-24)21(28-22)26-13-11-17-8-5-9-18(23)14-17/h2-10,12,14-15,24H,11,13H2,1H3,(H2,25,26,27,28)/b12-10+,24-15?. The lowest BCUT2D eigenvalue weighted by Crippen LogP contribution is -2.12. The summed E-state index contributed by atoms with van der Waals surface area (Å²) in [6.07, 6.45) is 7.78. The maximum absolute atomic E-state index is 7.85. The topological polar surface area (TPSA) is 73.7 Å². The maximum Gasteiger partial charge on any atom is 0.191 e. The average molecular weight is 424 g/mol. The number of hydrogen-bond donors (Lipinski definition) is 3. The summed E-state index contributed by atoms with van der Waals surface area (Å²) >= 11 is 7.51. The Morgan fingerprint density at radius 2 is 1.86 bits per heavy atom. The molecule has 3 rings (SSSR count). The lowest BCUT2D eigenvalue weighted by atomic mass is 10.1. The largest absolute Gasteiger partial charge is 0.369 e. The van der Waals surface area contributed by atoms with Gasteiger partial charge in [0.25, 0.3) is 0 Å². The van der Waals surface area contributed by atoms with Gasteiger partial charge >= 0.3 is 0 Å². The molecule has 3 N–H and O–H groups in total. The van der Waals surface area contributed by atoms with Crippen LogP contribution in [0.4, 0.5) is 11.6 Å². The molecule has 5 nitrogen and oxygen atoms in total. The number of benzene rings is 2. The van der Waals surface area contributed by atoms with Crippen LogP contribution >= 0.6 is 23.4 Å². The molecule has 148 valence electrons. The lowest BCUT2D eigenvalue weighted by Gasteiger charge is -2.13. The maximum atomic E-state index is 7.85. The van der Waals surface area contributed by atoms with Gasteiger partial charge in [-0.2, -0.15) is 0 Å². The smallest absolute Gasteiger partial charge is 0.191 e. The predicted octanol–water partition coefficient (Wildman–Crippen LogP) is 5.59. The van der Waals surface area contributed by atoms with Crippen LogP contribution < -0.4 is 10.6 Å². The van der Waals surface area contributed by atoms with Gasteiger partial charge in [0, 0.05) is 24.0 Å². The zero-order chi connectivity index (χ0) is 20.5. The first kappa shape index (κ1) is 20.9. The molecule has 2 aromatic carbocycles. The van der Waals surface area contributed by atoms with Gasteiger partial charge < -0.3 is 16.0 Å². The van der Waals surface area contributed by atoms with Gasteiger partial charge in [0.05, 0.1) is 5.56 Å². The van der Waals surface area contributed by atoms with Gasteiger partial charge in [-0.05, 0) is 42.0 Å². The van der Waals surface area contributed by atoms with Crippen LogP contribution in [-0.4, -0.2) is 29.0 Å². The molecule has 0 aliphatic rings. The van der Waals surface area contributed by atoms with Crippen LogP contribution in [0.15, 0.2) is 66.0 Å². The number of halogens is 1. The van der Waals surface area contributed by atoms with E-state index in [9.17, 15) is 0 Å². The van der Waals surface area contributed by atoms with Crippen molar-refractivity contribution < 1.29 is 0 Å². The van der Waals surface area contributed by atoms with Gasteiger partial charge in [-0.25, -0.2) is 9.97 Å². The van der Waals surface area contributed by atoms with Crippen LogP contribution in [0.3, 0.4) is 0 Å². The summed E-state index contributed by atoms with van der Waals surface area (Å²) in [6.45, 7) is 0.672. The highest BCUT2D eigenvalue weighted by atomic mass is 35.5. The van der Waals surface area contributed by atoms with Crippen molar-refractivity contribution in [2.24, 2.45) is 0 Å². The zero-order valence-corrected chi connectivity index (χ0v) is 17.6. The quantitative estimate of drug-likeness (QED) is 0.238. The van der Waals surface area contributed by atoms with Crippen LogP contribution in [0.25, 0.3) is 6.08 Å². The first-order valence-electron chi connectivity index (χ1n) is 9.12. The number of thioether (sulfide) groups is 1. The number of hydrogen-bond acceptors (Lipinski definition) is 6. The Morgan fingerprint density at radius 1 is 1.07 bits per heavy atom. The van der Waals surface area contributed by atoms with Crippen molar-refractivity contribution in [3.8, 4) is 0 Å². The first-order chi connectivity index (χ1) is 14.2. The molecule has 0 radical (unpaired) electrons. The summed E-state index contributed by atoms with van der Waals surface area (Å²) in [5.74, 6) is 1.23. The fraction of sp³-hybridized carbons (Fsp3) is 0.136. The minimum Gasteiger partial charge on any atom is -0.369 e. The second-order valence-electron chi connectivity index (χ2n) is 6.16. The number of rotatable bonds is 9. The summed E-state index contributed by atoms with van der Waals surface area (Å²) < 4.78 is 0. The molecule has 1 aromatic heterocycles. The summed E-state index contributed by atoms with van der Waals surface area (Å²) in [5, 5.41) is 15.7. The molecule has 1 heterocycles. The molecule has 0 amide bonds. The third-order valence-electron chi connectivity index (χ3n) is 4.14. The van der Waals surface area contributed by atoms with Crippen molar-refractivity contribution in [3.63, 3.8) is 0 Å². The van der Waals surface area contributed by atoms with E-state index in [0.717, 1.165) is 22.6 Å². The molecule has 0 saturated carbocycles. The first-order valence-corrected chi connectivity index (χ1v) is 10.7. The summed E-state index contributed by atoms with van der Waals surface area (Å²) in [6, 6.07) is 17.8. The van der Waals surface area contributed by atoms with Crippen molar-refractivity contribution >= 4 is 47.3 Å². The molecule has 29 heavy (non-hydrogen) atoms. The molecule has 0 aliphatic carbocycles. The van der Waals surface area contributed by atoms with E-state index in [0.29, 0.717) is 28.9 Å². The third kappa shape index (κ3) is 6.07. The highest BCUT2D eigenvalue weighted by Crippen LogP contribution is 2.23. The van der Waals surface area contributed by atoms with Gasteiger partial charge in [0.1, 0.15) is 11.6 Å². The Balaban J connectivity index is 1.74. The Morgan fingerprint density at radius 3 is 2.59 bits per heavy atom. The summed E-state index contributed by atoms with van der Waals surface area (Å²) in [4.78, 5) is 9.05. The lowest BCUT2D eigenvalue weighted by molar-refractivity contribution is 0.941. The van der Waals surface area contributed by atoms with Crippen molar-refractivity contribution in [1.29, 1.82) is 5.41 Å². The van der Waals surface area contributed by atoms with E-state index in [2.05, 4.69) is 20.6 Å². The minimum atomic E-state index is 0.594. The monoisotopic (exact) mass is 423 g/mol. The molecule has 0 aliphatic heterocycles. The van der Waals surface area contributed by atoms with E-state index in [1.807, 2.05) is 73.1 Å². The van der Waals surface area contributed by atoms with Crippen molar-refractivity contribution in [2.75, 3.05) is 23.4 Å². The van der Waals surface area contributed by atoms with E-state index in [-0.39, 0.29) is 0 Å². The van der Waals surface area contributed by atoms with Crippen LogP contribution in [0, 0.1) is 5.41 Å². The fourth-order valence-corrected chi connectivity index (χ4v) is 3.30. The second kappa shape index (κ2) is 10.6. The zero-order valence-electron chi connectivity index (χ0n) is 16.0. The van der Waals surface area contributed by atoms with Crippen molar-refractivity contribution in [1.82, 2.24) is 9.97 Å². The minimum absolute atomic E-state index is 0.594. The van der Waals surface area contributed by atoms with Gasteiger partial charge in [0.15, 0.2) is 5.16 Å². The van der Waals surface area contributed by atoms with Crippen molar-refractivity contribution in [3.05, 3.63) is 82.5 Å². The van der Waals surface area contributed by atoms with Crippen LogP contribution in [0.2, 0.25) is 5.02 Å². The highest BCUT2D eigenvalue weighted by molar-refractivity contribution is 7.98. The van der Waals surface area contributed by atoms with Gasteiger partial charge in [0.2, 0.25) is 0 Å². The Labute approximate surface area is 180 Å². The van der Waals surface area contributed by atoms with Crippen molar-refractivity contribution in [2.45, 2.75) is 11.6 Å². The Hall–Kier alpha value is -2.83. The van der Waals surface area contributed by atoms with Gasteiger partial charge in [-0.3, -0.25) is 0 Å². The molecule has 0 saturated heterocycles. The molecular formula is C22H22ClN5S.